The molecule has 0 heterocycles. The number of carboxylic acid groups (broad SMARTS) is 1. The summed E-state index contributed by atoms with van der Waals surface area (Å²) in [5, 5.41) is 7.42. The summed E-state index contributed by atoms with van der Waals surface area (Å²) in [6.07, 6.45) is 0. The summed E-state index contributed by atoms with van der Waals surface area (Å²) >= 11 is 15.3. The van der Waals surface area contributed by atoms with Crippen LogP contribution in [-0.4, -0.2) is 21.8 Å². The van der Waals surface area contributed by atoms with Crippen LogP contribution in [0.1, 0.15) is 6.92 Å². The van der Waals surface area contributed by atoms with E-state index in [1.807, 2.05) is 0 Å². The standard InChI is InChI=1S/C2H3Cl3.C2H4O2/c3-1-2(4)5;1-2(3)4/h2H,1H2;1H3,(H,3,4). The van der Waals surface area contributed by atoms with Crippen molar-refractivity contribution in [2.45, 2.75) is 11.8 Å². The zero-order valence-electron chi connectivity index (χ0n) is 4.77. The molecule has 0 amide bonds. The maximum absolute atomic E-state index is 9.00. The van der Waals surface area contributed by atoms with Crippen LogP contribution in [0.3, 0.4) is 0 Å². The van der Waals surface area contributed by atoms with Gasteiger partial charge in [0.1, 0.15) is 4.84 Å². The average Bonchev–Trinajstić information content (AvgIpc) is 1.65. The predicted octanol–water partition coefficient (Wildman–Crippen LogP) is 2.12. The van der Waals surface area contributed by atoms with Gasteiger partial charge in [-0.3, -0.25) is 4.79 Å². The normalized spacial score (nSPS) is 8.11. The van der Waals surface area contributed by atoms with Gasteiger partial charge in [-0.25, -0.2) is 0 Å². The van der Waals surface area contributed by atoms with Crippen LogP contribution < -0.4 is 0 Å². The van der Waals surface area contributed by atoms with Gasteiger partial charge in [0.05, 0.1) is 5.88 Å². The molecule has 0 radical (unpaired) electrons. The van der Waals surface area contributed by atoms with Crippen LogP contribution in [0.25, 0.3) is 0 Å². The Morgan fingerprint density at radius 2 is 1.78 bits per heavy atom. The first kappa shape index (κ1) is 12.1. The summed E-state index contributed by atoms with van der Waals surface area (Å²) in [5.41, 5.74) is 0. The van der Waals surface area contributed by atoms with Crippen LogP contribution in [-0.2, 0) is 4.79 Å². The molecule has 0 bridgehead atoms. The van der Waals surface area contributed by atoms with Crippen LogP contribution >= 0.6 is 34.8 Å². The molecule has 0 aliphatic rings. The van der Waals surface area contributed by atoms with Crippen molar-refractivity contribution < 1.29 is 9.90 Å². The number of carboxylic acids is 1. The highest BCUT2D eigenvalue weighted by molar-refractivity contribution is 6.47. The molecule has 0 aliphatic heterocycles. The first-order valence-corrected chi connectivity index (χ1v) is 3.45. The van der Waals surface area contributed by atoms with Gasteiger partial charge in [0, 0.05) is 6.92 Å². The summed E-state index contributed by atoms with van der Waals surface area (Å²) in [4.78, 5) is 8.59. The van der Waals surface area contributed by atoms with Crippen molar-refractivity contribution in [1.29, 1.82) is 0 Å². The van der Waals surface area contributed by atoms with E-state index < -0.39 is 10.8 Å². The average molecular weight is 193 g/mol. The Morgan fingerprint density at radius 3 is 1.78 bits per heavy atom. The van der Waals surface area contributed by atoms with Gasteiger partial charge in [0.2, 0.25) is 0 Å². The van der Waals surface area contributed by atoms with Gasteiger partial charge in [-0.15, -0.1) is 34.8 Å². The molecule has 0 saturated heterocycles. The topological polar surface area (TPSA) is 37.3 Å². The van der Waals surface area contributed by atoms with E-state index in [-0.39, 0.29) is 0 Å². The first-order valence-electron chi connectivity index (χ1n) is 2.04. The molecule has 0 rings (SSSR count). The molecule has 0 aliphatic carbocycles. The molecule has 0 aromatic rings. The number of aliphatic carboxylic acids is 1. The third kappa shape index (κ3) is 61.2. The summed E-state index contributed by atoms with van der Waals surface area (Å²) < 4.78 is 0. The Morgan fingerprint density at radius 1 is 1.67 bits per heavy atom. The lowest BCUT2D eigenvalue weighted by Gasteiger charge is -1.82. The largest absolute Gasteiger partial charge is 0.481 e. The first-order chi connectivity index (χ1) is 4.00. The summed E-state index contributed by atoms with van der Waals surface area (Å²) in [6, 6.07) is 0. The second kappa shape index (κ2) is 8.34. The van der Waals surface area contributed by atoms with Crippen molar-refractivity contribution in [2.24, 2.45) is 0 Å². The third-order valence-electron chi connectivity index (χ3n) is 0.117. The van der Waals surface area contributed by atoms with Gasteiger partial charge in [-0.2, -0.15) is 0 Å². The number of carbonyl (C=O) groups is 1. The smallest absolute Gasteiger partial charge is 0.300 e. The highest BCUT2D eigenvalue weighted by Gasteiger charge is 1.88. The number of hydrogen-bond acceptors (Lipinski definition) is 1. The van der Waals surface area contributed by atoms with E-state index in [4.69, 9.17) is 44.7 Å². The van der Waals surface area contributed by atoms with Crippen molar-refractivity contribution in [1.82, 2.24) is 0 Å². The predicted molar refractivity (Wildman–Crippen MR) is 39.5 cm³/mol. The number of alkyl halides is 3. The molecular formula is C4H7Cl3O2. The van der Waals surface area contributed by atoms with Gasteiger partial charge in [-0.05, 0) is 0 Å². The van der Waals surface area contributed by atoms with Crippen LogP contribution in [0.5, 0.6) is 0 Å². The number of halogens is 3. The van der Waals surface area contributed by atoms with E-state index in [0.717, 1.165) is 6.92 Å². The fourth-order valence-corrected chi connectivity index (χ4v) is 0. The number of hydrogen-bond donors (Lipinski definition) is 1. The Kier molecular flexibility index (Phi) is 11.2. The van der Waals surface area contributed by atoms with Gasteiger partial charge >= 0.3 is 0 Å². The van der Waals surface area contributed by atoms with E-state index in [2.05, 4.69) is 0 Å². The molecule has 0 fully saturated rings. The van der Waals surface area contributed by atoms with E-state index in [1.54, 1.807) is 0 Å². The summed E-state index contributed by atoms with van der Waals surface area (Å²) in [6.45, 7) is 1.08. The Hall–Kier alpha value is 0.340. The van der Waals surface area contributed by atoms with Gasteiger partial charge in [0.25, 0.3) is 5.97 Å². The quantitative estimate of drug-likeness (QED) is 0.648. The van der Waals surface area contributed by atoms with E-state index in [9.17, 15) is 0 Å². The maximum Gasteiger partial charge on any atom is 0.300 e. The molecular weight excluding hydrogens is 186 g/mol. The zero-order chi connectivity index (χ0) is 7.86. The minimum absolute atomic E-state index is 0.309. The van der Waals surface area contributed by atoms with E-state index in [1.165, 1.54) is 0 Å². The second-order valence-corrected chi connectivity index (χ2v) is 2.65. The second-order valence-electron chi connectivity index (χ2n) is 1.06. The van der Waals surface area contributed by atoms with Crippen molar-refractivity contribution in [3.05, 3.63) is 0 Å². The molecule has 0 aromatic carbocycles. The molecule has 2 nitrogen and oxygen atoms in total. The van der Waals surface area contributed by atoms with Crippen molar-refractivity contribution in [3.8, 4) is 0 Å². The van der Waals surface area contributed by atoms with E-state index >= 15 is 0 Å². The Balaban J connectivity index is 0. The molecule has 0 saturated carbocycles. The van der Waals surface area contributed by atoms with Gasteiger partial charge < -0.3 is 5.11 Å². The fourth-order valence-electron chi connectivity index (χ4n) is 0. The van der Waals surface area contributed by atoms with Gasteiger partial charge in [0.15, 0.2) is 0 Å². The van der Waals surface area contributed by atoms with Crippen LogP contribution in [0.15, 0.2) is 0 Å². The summed E-state index contributed by atoms with van der Waals surface area (Å²) in [7, 11) is 0. The maximum atomic E-state index is 9.00. The summed E-state index contributed by atoms with van der Waals surface area (Å²) in [5.74, 6) is -0.525. The minimum Gasteiger partial charge on any atom is -0.481 e. The highest BCUT2D eigenvalue weighted by atomic mass is 35.5. The minimum atomic E-state index is -0.833. The molecule has 0 unspecified atom stereocenters. The molecule has 0 atom stereocenters. The number of rotatable bonds is 1. The Labute approximate surface area is 68.7 Å². The molecule has 1 N–H and O–H groups in total. The van der Waals surface area contributed by atoms with E-state index in [0.29, 0.717) is 5.88 Å². The SMILES string of the molecule is CC(=O)O.ClCC(Cl)Cl. The van der Waals surface area contributed by atoms with Crippen LogP contribution in [0.4, 0.5) is 0 Å². The Bertz CT molecular complexity index is 70.2. The lowest BCUT2D eigenvalue weighted by molar-refractivity contribution is -0.134. The molecule has 0 aromatic heterocycles. The lowest BCUT2D eigenvalue weighted by Crippen LogP contribution is -1.82. The highest BCUT2D eigenvalue weighted by Crippen LogP contribution is 2.01. The van der Waals surface area contributed by atoms with Gasteiger partial charge in [-0.1, -0.05) is 0 Å². The monoisotopic (exact) mass is 192 g/mol. The lowest BCUT2D eigenvalue weighted by atomic mass is 10.9. The zero-order valence-corrected chi connectivity index (χ0v) is 7.04. The fraction of sp³-hybridized carbons (Fsp3) is 0.750. The van der Waals surface area contributed by atoms with Crippen molar-refractivity contribution >= 4 is 40.8 Å². The molecule has 56 valence electrons. The third-order valence-corrected chi connectivity index (χ3v) is 1.05. The van der Waals surface area contributed by atoms with Crippen molar-refractivity contribution in [2.75, 3.05) is 5.88 Å². The molecule has 0 spiro atoms. The van der Waals surface area contributed by atoms with Crippen LogP contribution in [0.2, 0.25) is 0 Å². The molecule has 5 heteroatoms. The van der Waals surface area contributed by atoms with Crippen molar-refractivity contribution in [3.63, 3.8) is 0 Å². The molecule has 9 heavy (non-hydrogen) atoms. The van der Waals surface area contributed by atoms with Crippen LogP contribution in [0, 0.1) is 0 Å².